The highest BCUT2D eigenvalue weighted by molar-refractivity contribution is 6.16. The van der Waals surface area contributed by atoms with Gasteiger partial charge in [-0.25, -0.2) is 0 Å². The Kier molecular flexibility index (Phi) is 6.04. The van der Waals surface area contributed by atoms with Crippen LogP contribution < -0.4 is 4.90 Å². The van der Waals surface area contributed by atoms with Gasteiger partial charge in [0.05, 0.1) is 11.3 Å². The molecule has 188 valence electrons. The second-order valence-corrected chi connectivity index (χ2v) is 10.7. The second kappa shape index (κ2) is 9.36. The van der Waals surface area contributed by atoms with Gasteiger partial charge in [0.15, 0.2) is 0 Å². The summed E-state index contributed by atoms with van der Waals surface area (Å²) >= 11 is 0. The largest absolute Gasteiger partial charge is 0.345 e. The van der Waals surface area contributed by atoms with Gasteiger partial charge in [-0.2, -0.15) is 0 Å². The maximum atomic E-state index is 13.6. The highest BCUT2D eigenvalue weighted by Gasteiger charge is 2.47. The van der Waals surface area contributed by atoms with Crippen LogP contribution in [-0.2, 0) is 4.79 Å². The monoisotopic (exact) mass is 486 g/mol. The Morgan fingerprint density at radius 3 is 2.53 bits per heavy atom. The van der Waals surface area contributed by atoms with E-state index < -0.39 is 6.17 Å². The third-order valence-corrected chi connectivity index (χ3v) is 8.61. The normalized spacial score (nSPS) is 25.2. The molecule has 3 atom stereocenters. The van der Waals surface area contributed by atoms with Crippen molar-refractivity contribution in [3.8, 4) is 0 Å². The zero-order valence-corrected chi connectivity index (χ0v) is 20.9. The second-order valence-electron chi connectivity index (χ2n) is 10.7. The number of piperidine rings is 2. The average molecular weight is 487 g/mol. The minimum absolute atomic E-state index is 0.0544. The number of benzene rings is 2. The number of hydrogen-bond acceptors (Lipinski definition) is 4. The van der Waals surface area contributed by atoms with Gasteiger partial charge < -0.3 is 14.7 Å². The average Bonchev–Trinajstić information content (AvgIpc) is 3.21. The summed E-state index contributed by atoms with van der Waals surface area (Å²) in [4.78, 5) is 48.1. The van der Waals surface area contributed by atoms with Crippen LogP contribution in [0.25, 0.3) is 0 Å². The summed E-state index contributed by atoms with van der Waals surface area (Å²) in [5.41, 5.74) is 2.60. The van der Waals surface area contributed by atoms with E-state index in [-0.39, 0.29) is 30.7 Å². The van der Waals surface area contributed by atoms with Gasteiger partial charge in [-0.15, -0.1) is 0 Å². The SMILES string of the molecule is CN(CC1CCCN2CCCCC12)C(=O)CCN1C(=O)c2ccccc2N2C(=O)c3ccccc3C12. The number of carbonyl (C=O) groups is 3. The number of rotatable bonds is 5. The zero-order chi connectivity index (χ0) is 24.8. The van der Waals surface area contributed by atoms with E-state index in [4.69, 9.17) is 0 Å². The fourth-order valence-electron chi connectivity index (χ4n) is 6.85. The molecule has 2 fully saturated rings. The van der Waals surface area contributed by atoms with Crippen LogP contribution in [-0.4, -0.2) is 71.7 Å². The van der Waals surface area contributed by atoms with Crippen molar-refractivity contribution in [3.05, 3.63) is 65.2 Å². The highest BCUT2D eigenvalue weighted by atomic mass is 16.2. The van der Waals surface area contributed by atoms with Gasteiger partial charge in [-0.1, -0.05) is 36.8 Å². The number of carbonyl (C=O) groups excluding carboxylic acids is 3. The minimum Gasteiger partial charge on any atom is -0.345 e. The molecule has 0 spiro atoms. The number of hydrogen-bond donors (Lipinski definition) is 0. The van der Waals surface area contributed by atoms with E-state index in [1.165, 1.54) is 45.2 Å². The van der Waals surface area contributed by atoms with Gasteiger partial charge in [0.2, 0.25) is 5.91 Å². The lowest BCUT2D eigenvalue weighted by molar-refractivity contribution is -0.131. The molecule has 3 unspecified atom stereocenters. The van der Waals surface area contributed by atoms with Crippen molar-refractivity contribution >= 4 is 23.4 Å². The number of para-hydroxylation sites is 1. The van der Waals surface area contributed by atoms with E-state index in [2.05, 4.69) is 4.90 Å². The summed E-state index contributed by atoms with van der Waals surface area (Å²) in [5.74, 6) is 0.348. The smallest absolute Gasteiger partial charge is 0.260 e. The van der Waals surface area contributed by atoms with Crippen LogP contribution in [0.2, 0.25) is 0 Å². The van der Waals surface area contributed by atoms with E-state index in [1.807, 2.05) is 54.4 Å². The molecule has 0 saturated carbocycles. The molecule has 4 aliphatic rings. The fraction of sp³-hybridized carbons (Fsp3) is 0.483. The molecule has 3 amide bonds. The van der Waals surface area contributed by atoms with Gasteiger partial charge in [0.25, 0.3) is 11.8 Å². The Balaban J connectivity index is 1.19. The first kappa shape index (κ1) is 23.2. The van der Waals surface area contributed by atoms with Crippen molar-refractivity contribution in [1.82, 2.24) is 14.7 Å². The predicted octanol–water partition coefficient (Wildman–Crippen LogP) is 3.91. The van der Waals surface area contributed by atoms with Crippen molar-refractivity contribution in [1.29, 1.82) is 0 Å². The molecule has 36 heavy (non-hydrogen) atoms. The molecule has 0 aliphatic carbocycles. The Bertz CT molecular complexity index is 1190. The van der Waals surface area contributed by atoms with Gasteiger partial charge in [0, 0.05) is 43.7 Å². The van der Waals surface area contributed by atoms with Crippen LogP contribution in [0.5, 0.6) is 0 Å². The molecule has 2 aromatic carbocycles. The van der Waals surface area contributed by atoms with Crippen LogP contribution in [0.15, 0.2) is 48.5 Å². The standard InChI is InChI=1S/C29H34N4O3/c1-30(19-20-9-8-17-31-16-7-6-13-24(20)31)26(34)15-18-32-27-21-10-2-3-11-22(21)29(36)33(27)25-14-5-4-12-23(25)28(32)35/h2-5,10-12,14,20,24,27H,6-9,13,15-19H2,1H3. The number of fused-ring (bicyclic) bond motifs is 6. The molecule has 2 saturated heterocycles. The summed E-state index contributed by atoms with van der Waals surface area (Å²) in [6.45, 7) is 3.43. The molecule has 0 radical (unpaired) electrons. The van der Waals surface area contributed by atoms with Crippen LogP contribution >= 0.6 is 0 Å². The Labute approximate surface area is 212 Å². The third kappa shape index (κ3) is 3.81. The predicted molar refractivity (Wildman–Crippen MR) is 138 cm³/mol. The van der Waals surface area contributed by atoms with E-state index >= 15 is 0 Å². The van der Waals surface area contributed by atoms with Crippen molar-refractivity contribution in [2.45, 2.75) is 50.7 Å². The van der Waals surface area contributed by atoms with Gasteiger partial charge in [0.1, 0.15) is 6.17 Å². The highest BCUT2D eigenvalue weighted by Crippen LogP contribution is 2.45. The third-order valence-electron chi connectivity index (χ3n) is 8.61. The lowest BCUT2D eigenvalue weighted by atomic mass is 9.83. The molecule has 7 nitrogen and oxygen atoms in total. The zero-order valence-electron chi connectivity index (χ0n) is 20.9. The lowest BCUT2D eigenvalue weighted by Gasteiger charge is -2.45. The summed E-state index contributed by atoms with van der Waals surface area (Å²) in [5, 5.41) is 0. The molecule has 6 rings (SSSR count). The summed E-state index contributed by atoms with van der Waals surface area (Å²) in [6, 6.07) is 15.4. The summed E-state index contributed by atoms with van der Waals surface area (Å²) < 4.78 is 0. The van der Waals surface area contributed by atoms with E-state index in [9.17, 15) is 14.4 Å². The fourth-order valence-corrected chi connectivity index (χ4v) is 6.85. The number of anilines is 1. The lowest BCUT2D eigenvalue weighted by Crippen LogP contribution is -2.51. The van der Waals surface area contributed by atoms with Gasteiger partial charge >= 0.3 is 0 Å². The molecule has 7 heteroatoms. The quantitative estimate of drug-likeness (QED) is 0.643. The van der Waals surface area contributed by atoms with Crippen LogP contribution in [0.3, 0.4) is 0 Å². The molecular formula is C29H34N4O3. The van der Waals surface area contributed by atoms with E-state index in [0.29, 0.717) is 28.8 Å². The van der Waals surface area contributed by atoms with Crippen molar-refractivity contribution in [2.24, 2.45) is 5.92 Å². The van der Waals surface area contributed by atoms with Crippen LogP contribution in [0.4, 0.5) is 5.69 Å². The molecule has 2 aromatic rings. The molecule has 0 aromatic heterocycles. The van der Waals surface area contributed by atoms with Crippen LogP contribution in [0.1, 0.15) is 71.0 Å². The van der Waals surface area contributed by atoms with Crippen LogP contribution in [0, 0.1) is 5.92 Å². The Hall–Kier alpha value is -3.19. The Morgan fingerprint density at radius 2 is 1.67 bits per heavy atom. The van der Waals surface area contributed by atoms with Gasteiger partial charge in [-0.05, 0) is 62.9 Å². The topological polar surface area (TPSA) is 64.2 Å². The molecule has 0 bridgehead atoms. The van der Waals surface area contributed by atoms with E-state index in [0.717, 1.165) is 12.1 Å². The Morgan fingerprint density at radius 1 is 0.917 bits per heavy atom. The number of amides is 3. The van der Waals surface area contributed by atoms with Crippen molar-refractivity contribution < 1.29 is 14.4 Å². The van der Waals surface area contributed by atoms with E-state index in [1.54, 1.807) is 15.9 Å². The summed E-state index contributed by atoms with van der Waals surface area (Å²) in [6.07, 6.45) is 5.92. The maximum Gasteiger partial charge on any atom is 0.260 e. The van der Waals surface area contributed by atoms with Gasteiger partial charge in [-0.3, -0.25) is 19.3 Å². The number of nitrogens with zero attached hydrogens (tertiary/aromatic N) is 4. The first-order valence-electron chi connectivity index (χ1n) is 13.3. The van der Waals surface area contributed by atoms with Crippen molar-refractivity contribution in [3.63, 3.8) is 0 Å². The minimum atomic E-state index is -0.511. The molecule has 4 aliphatic heterocycles. The first-order valence-corrected chi connectivity index (χ1v) is 13.3. The first-order chi connectivity index (χ1) is 17.5. The molecular weight excluding hydrogens is 452 g/mol. The van der Waals surface area contributed by atoms with Crippen molar-refractivity contribution in [2.75, 3.05) is 38.1 Å². The molecule has 4 heterocycles. The maximum absolute atomic E-state index is 13.6. The molecule has 0 N–H and O–H groups in total. The summed E-state index contributed by atoms with van der Waals surface area (Å²) in [7, 11) is 1.90.